The summed E-state index contributed by atoms with van der Waals surface area (Å²) in [6.07, 6.45) is 36.1. The quantitative estimate of drug-likeness (QED) is 0.0244. The summed E-state index contributed by atoms with van der Waals surface area (Å²) < 4.78 is 32.5. The monoisotopic (exact) mass is 741 g/mol. The van der Waals surface area contributed by atoms with Crippen molar-refractivity contribution in [1.82, 2.24) is 0 Å². The van der Waals surface area contributed by atoms with Crippen LogP contribution in [0.3, 0.4) is 0 Å². The predicted octanol–water partition coefficient (Wildman–Crippen LogP) is 9.44. The van der Waals surface area contributed by atoms with Crippen LogP contribution in [-0.4, -0.2) is 59.9 Å². The third kappa shape index (κ3) is 34.3. The molecule has 11 nitrogen and oxygen atoms in total. The average molecular weight is 742 g/mol. The first-order valence-electron chi connectivity index (χ1n) is 19.2. The van der Waals surface area contributed by atoms with E-state index in [0.717, 1.165) is 44.9 Å². The van der Waals surface area contributed by atoms with E-state index in [9.17, 15) is 23.8 Å². The number of carbonyl (C=O) groups excluding carboxylic acids is 2. The number of ether oxygens (including phenoxy) is 2. The van der Waals surface area contributed by atoms with Gasteiger partial charge in [-0.05, 0) is 32.1 Å². The number of carboxylic acids is 1. The molecule has 0 rings (SSSR count). The smallest absolute Gasteiger partial charge is 0.472 e. The first kappa shape index (κ1) is 48.4. The number of phosphoric ester groups is 1. The number of aliphatic carboxylic acids is 1. The van der Waals surface area contributed by atoms with E-state index in [4.69, 9.17) is 24.8 Å². The first-order valence-corrected chi connectivity index (χ1v) is 20.7. The zero-order chi connectivity index (χ0) is 37.8. The number of rotatable bonds is 35. The Kier molecular flexibility index (Phi) is 32.8. The van der Waals surface area contributed by atoms with Crippen LogP contribution in [-0.2, 0) is 37.5 Å². The highest BCUT2D eigenvalue weighted by atomic mass is 31.2. The van der Waals surface area contributed by atoms with Crippen LogP contribution < -0.4 is 5.73 Å². The zero-order valence-corrected chi connectivity index (χ0v) is 32.3. The van der Waals surface area contributed by atoms with E-state index in [0.29, 0.717) is 12.8 Å². The molecule has 2 unspecified atom stereocenters. The summed E-state index contributed by atoms with van der Waals surface area (Å²) in [6, 6.07) is -1.53. The maximum Gasteiger partial charge on any atom is 0.472 e. The molecular formula is C39H68NO10P. The molecule has 0 heterocycles. The number of esters is 2. The van der Waals surface area contributed by atoms with Gasteiger partial charge in [-0.2, -0.15) is 0 Å². The molecule has 0 saturated carbocycles. The Morgan fingerprint density at radius 3 is 1.65 bits per heavy atom. The van der Waals surface area contributed by atoms with Crippen molar-refractivity contribution in [2.45, 2.75) is 161 Å². The van der Waals surface area contributed by atoms with Gasteiger partial charge in [0.25, 0.3) is 0 Å². The van der Waals surface area contributed by atoms with Gasteiger partial charge in [-0.25, -0.2) is 4.57 Å². The zero-order valence-electron chi connectivity index (χ0n) is 31.4. The minimum absolute atomic E-state index is 0.115. The standard InChI is InChI=1S/C39H68NO10P/c1-3-5-7-9-11-13-15-17-19-20-22-24-26-28-30-37(41)47-32-35(33-48-51(45,46)49-34-36(40)39(43)44)50-38(42)31-29-27-25-23-21-18-16-14-12-10-8-6-4-2/h6,8,10,12,14,16,18,21,35-36H,3-5,7,9,11,13,15,17,19-20,22-34,40H2,1-2H3,(H,43,44)(H,45,46)/b8-6+,12-10+,16-14+,21-18+/t35?,36-/m0/s1. The fourth-order valence-electron chi connectivity index (χ4n) is 4.90. The van der Waals surface area contributed by atoms with Crippen molar-refractivity contribution in [1.29, 1.82) is 0 Å². The van der Waals surface area contributed by atoms with Gasteiger partial charge >= 0.3 is 25.7 Å². The maximum atomic E-state index is 12.5. The largest absolute Gasteiger partial charge is 0.480 e. The van der Waals surface area contributed by atoms with Crippen LogP contribution in [0.2, 0.25) is 0 Å². The number of carboxylic acid groups (broad SMARTS) is 1. The summed E-state index contributed by atoms with van der Waals surface area (Å²) in [5, 5.41) is 8.86. The van der Waals surface area contributed by atoms with E-state index in [2.05, 4.69) is 30.5 Å². The fraction of sp³-hybridized carbons (Fsp3) is 0.718. The lowest BCUT2D eigenvalue weighted by atomic mass is 10.0. The molecule has 0 aromatic rings. The molecule has 0 aromatic carbocycles. The van der Waals surface area contributed by atoms with Crippen molar-refractivity contribution in [2.24, 2.45) is 5.73 Å². The maximum absolute atomic E-state index is 12.5. The number of allylic oxidation sites excluding steroid dienone is 8. The van der Waals surface area contributed by atoms with Crippen LogP contribution in [0.1, 0.15) is 149 Å². The minimum atomic E-state index is -4.72. The molecule has 51 heavy (non-hydrogen) atoms. The van der Waals surface area contributed by atoms with E-state index in [1.165, 1.54) is 64.2 Å². The number of carbonyl (C=O) groups is 3. The number of nitrogens with two attached hydrogens (primary N) is 1. The summed E-state index contributed by atoms with van der Waals surface area (Å²) in [4.78, 5) is 45.7. The highest BCUT2D eigenvalue weighted by Crippen LogP contribution is 2.43. The van der Waals surface area contributed by atoms with E-state index in [-0.39, 0.29) is 19.4 Å². The molecule has 0 saturated heterocycles. The normalized spacial score (nSPS) is 14.4. The summed E-state index contributed by atoms with van der Waals surface area (Å²) >= 11 is 0. The van der Waals surface area contributed by atoms with Crippen molar-refractivity contribution in [3.63, 3.8) is 0 Å². The third-order valence-corrected chi connectivity index (χ3v) is 8.89. The van der Waals surface area contributed by atoms with Crippen LogP contribution in [0, 0.1) is 0 Å². The second kappa shape index (κ2) is 34.5. The summed E-state index contributed by atoms with van der Waals surface area (Å²) in [7, 11) is -4.72. The average Bonchev–Trinajstić information content (AvgIpc) is 3.10. The highest BCUT2D eigenvalue weighted by molar-refractivity contribution is 7.47. The second-order valence-corrected chi connectivity index (χ2v) is 14.2. The predicted molar refractivity (Wildman–Crippen MR) is 203 cm³/mol. The molecule has 0 amide bonds. The molecule has 0 aromatic heterocycles. The van der Waals surface area contributed by atoms with E-state index in [1.54, 1.807) is 0 Å². The highest BCUT2D eigenvalue weighted by Gasteiger charge is 2.28. The Balaban J connectivity index is 4.49. The number of unbranched alkanes of at least 4 members (excludes halogenated alkanes) is 16. The SMILES string of the molecule is CC/C=C/C=C/C=C/C=C/CCCCCC(=O)OC(COC(=O)CCCCCCCCCCCCCCCC)COP(=O)(O)OC[C@H](N)C(=O)O. The van der Waals surface area contributed by atoms with Crippen LogP contribution in [0.25, 0.3) is 0 Å². The minimum Gasteiger partial charge on any atom is -0.480 e. The molecule has 0 fully saturated rings. The molecule has 0 radical (unpaired) electrons. The number of hydrogen-bond acceptors (Lipinski definition) is 9. The summed E-state index contributed by atoms with van der Waals surface area (Å²) in [6.45, 7) is 2.60. The Morgan fingerprint density at radius 2 is 1.10 bits per heavy atom. The van der Waals surface area contributed by atoms with Crippen molar-refractivity contribution >= 4 is 25.7 Å². The van der Waals surface area contributed by atoms with Crippen LogP contribution in [0.5, 0.6) is 0 Å². The van der Waals surface area contributed by atoms with Crippen LogP contribution in [0.15, 0.2) is 48.6 Å². The second-order valence-electron chi connectivity index (χ2n) is 12.8. The molecular weight excluding hydrogens is 673 g/mol. The fourth-order valence-corrected chi connectivity index (χ4v) is 5.68. The van der Waals surface area contributed by atoms with Gasteiger partial charge < -0.3 is 25.2 Å². The lowest BCUT2D eigenvalue weighted by Gasteiger charge is -2.20. The Bertz CT molecular complexity index is 1060. The van der Waals surface area contributed by atoms with E-state index >= 15 is 0 Å². The summed E-state index contributed by atoms with van der Waals surface area (Å²) in [5.74, 6) is -2.43. The van der Waals surface area contributed by atoms with Crippen molar-refractivity contribution in [3.8, 4) is 0 Å². The lowest BCUT2D eigenvalue weighted by molar-refractivity contribution is -0.161. The van der Waals surface area contributed by atoms with Gasteiger partial charge in [0.2, 0.25) is 0 Å². The third-order valence-electron chi connectivity index (χ3n) is 7.94. The van der Waals surface area contributed by atoms with Crippen molar-refractivity contribution in [3.05, 3.63) is 48.6 Å². The van der Waals surface area contributed by atoms with Crippen LogP contribution in [0.4, 0.5) is 0 Å². The Hall–Kier alpha value is -2.56. The van der Waals surface area contributed by atoms with Gasteiger partial charge in [0.05, 0.1) is 13.2 Å². The molecule has 12 heteroatoms. The number of hydrogen-bond donors (Lipinski definition) is 3. The Morgan fingerprint density at radius 1 is 0.627 bits per heavy atom. The van der Waals surface area contributed by atoms with Gasteiger partial charge in [-0.15, -0.1) is 0 Å². The molecule has 0 aliphatic heterocycles. The lowest BCUT2D eigenvalue weighted by Crippen LogP contribution is -2.34. The van der Waals surface area contributed by atoms with Gasteiger partial charge in [0.15, 0.2) is 6.10 Å². The number of phosphoric acid groups is 1. The molecule has 3 atom stereocenters. The topological polar surface area (TPSA) is 172 Å². The Labute approximate surface area is 307 Å². The van der Waals surface area contributed by atoms with Gasteiger partial charge in [0, 0.05) is 12.8 Å². The van der Waals surface area contributed by atoms with Gasteiger partial charge in [0.1, 0.15) is 12.6 Å². The van der Waals surface area contributed by atoms with Crippen molar-refractivity contribution in [2.75, 3.05) is 19.8 Å². The van der Waals surface area contributed by atoms with Crippen molar-refractivity contribution < 1.29 is 47.5 Å². The molecule has 4 N–H and O–H groups in total. The van der Waals surface area contributed by atoms with Crippen LogP contribution >= 0.6 is 7.82 Å². The van der Waals surface area contributed by atoms with Gasteiger partial charge in [-0.3, -0.25) is 23.4 Å². The van der Waals surface area contributed by atoms with E-state index in [1.807, 2.05) is 36.5 Å². The summed E-state index contributed by atoms with van der Waals surface area (Å²) in [5.41, 5.74) is 5.31. The molecule has 294 valence electrons. The van der Waals surface area contributed by atoms with Gasteiger partial charge in [-0.1, -0.05) is 152 Å². The first-order chi connectivity index (χ1) is 24.6. The molecule has 0 spiro atoms. The van der Waals surface area contributed by atoms with E-state index < -0.39 is 51.1 Å². The molecule has 0 aliphatic rings. The molecule has 0 aliphatic carbocycles. The molecule has 0 bridgehead atoms.